The number of ether oxygens (including phenoxy) is 1. The molecule has 1 unspecified atom stereocenters. The van der Waals surface area contributed by atoms with Crippen molar-refractivity contribution < 1.29 is 40.7 Å². The van der Waals surface area contributed by atoms with Gasteiger partial charge in [0, 0.05) is 24.3 Å². The second-order valence-corrected chi connectivity index (χ2v) is 7.77. The fraction of sp³-hybridized carbons (Fsp3) is 0.529. The number of Topliss-reactive ketones (excluding diaryl/α,β-unsaturated/α-hetero) is 3. The van der Waals surface area contributed by atoms with Crippen LogP contribution in [0.15, 0.2) is 22.3 Å². The highest BCUT2D eigenvalue weighted by molar-refractivity contribution is 7.73. The summed E-state index contributed by atoms with van der Waals surface area (Å²) in [5, 5.41) is -0.306. The summed E-state index contributed by atoms with van der Waals surface area (Å²) in [5.74, 6) is -4.66. The van der Waals surface area contributed by atoms with E-state index in [1.54, 1.807) is 0 Å². The number of halogens is 4. The molecule has 0 aromatic rings. The Morgan fingerprint density at radius 2 is 1.82 bits per heavy atom. The van der Waals surface area contributed by atoms with Gasteiger partial charge in [-0.1, -0.05) is 18.5 Å². The molecule has 0 heterocycles. The van der Waals surface area contributed by atoms with Crippen LogP contribution in [0.1, 0.15) is 26.2 Å². The molecule has 1 saturated carbocycles. The van der Waals surface area contributed by atoms with Crippen LogP contribution in [0.25, 0.3) is 0 Å². The molecule has 1 fully saturated rings. The minimum atomic E-state index is -4.60. The average molecular weight is 441 g/mol. The van der Waals surface area contributed by atoms with Gasteiger partial charge in [0.05, 0.1) is 16.5 Å². The fourth-order valence-corrected chi connectivity index (χ4v) is 4.07. The lowest BCUT2D eigenvalue weighted by atomic mass is 9.79. The van der Waals surface area contributed by atoms with E-state index >= 15 is 0 Å². The molecule has 2 rings (SSSR count). The molecule has 0 saturated heterocycles. The maximum atomic E-state index is 12.8. The van der Waals surface area contributed by atoms with Gasteiger partial charge >= 0.3 is 6.18 Å². The zero-order valence-corrected chi connectivity index (χ0v) is 16.2. The molecular formula is C17H16ClF3O6S. The Labute approximate surface area is 164 Å². The zero-order chi connectivity index (χ0) is 21.2. The summed E-state index contributed by atoms with van der Waals surface area (Å²) < 4.78 is 64.6. The Morgan fingerprint density at radius 3 is 2.32 bits per heavy atom. The summed E-state index contributed by atoms with van der Waals surface area (Å²) in [6.45, 7) is -0.873. The molecular weight excluding hydrogens is 425 g/mol. The van der Waals surface area contributed by atoms with Gasteiger partial charge in [0.25, 0.3) is 0 Å². The van der Waals surface area contributed by atoms with Gasteiger partial charge in [-0.05, 0) is 18.1 Å². The minimum absolute atomic E-state index is 0.0266. The first kappa shape index (κ1) is 22.5. The second kappa shape index (κ2) is 8.71. The zero-order valence-electron chi connectivity index (χ0n) is 14.6. The minimum Gasteiger partial charge on any atom is -0.368 e. The van der Waals surface area contributed by atoms with Crippen LogP contribution in [0.4, 0.5) is 13.2 Å². The van der Waals surface area contributed by atoms with Crippen LogP contribution in [0.2, 0.25) is 0 Å². The van der Waals surface area contributed by atoms with Crippen molar-refractivity contribution in [3.8, 4) is 0 Å². The highest BCUT2D eigenvalue weighted by Crippen LogP contribution is 2.35. The fourth-order valence-electron chi connectivity index (χ4n) is 3.06. The Hall–Kier alpha value is -1.78. The first-order valence-corrected chi connectivity index (χ1v) is 9.70. The topological polar surface area (TPSA) is 94.6 Å². The number of carbonyl (C=O) groups is 3. The number of hydrogen-bond donors (Lipinski definition) is 0. The van der Waals surface area contributed by atoms with Gasteiger partial charge in [0.2, 0.25) is 10.3 Å². The van der Waals surface area contributed by atoms with Crippen molar-refractivity contribution in [3.05, 3.63) is 22.3 Å². The SMILES string of the molecule is CC1C(COCC(F)(F)F)=C(Cl)C(C(=O)C2C(=O)CCCC2=O)=CC1=S(=O)=O. The third-order valence-corrected chi connectivity index (χ3v) is 5.79. The molecule has 2 aliphatic rings. The van der Waals surface area contributed by atoms with E-state index in [1.165, 1.54) is 6.92 Å². The van der Waals surface area contributed by atoms with Gasteiger partial charge in [-0.15, -0.1) is 0 Å². The van der Waals surface area contributed by atoms with Crippen LogP contribution in [-0.4, -0.2) is 50.0 Å². The van der Waals surface area contributed by atoms with Crippen molar-refractivity contribution in [2.75, 3.05) is 13.2 Å². The molecule has 154 valence electrons. The highest BCUT2D eigenvalue weighted by Gasteiger charge is 2.40. The van der Waals surface area contributed by atoms with Crippen LogP contribution in [0.5, 0.6) is 0 Å². The Kier molecular flexibility index (Phi) is 7.00. The maximum Gasteiger partial charge on any atom is 0.411 e. The lowest BCUT2D eigenvalue weighted by molar-refractivity contribution is -0.171. The Bertz CT molecular complexity index is 890. The lowest BCUT2D eigenvalue weighted by Gasteiger charge is -2.26. The number of ketones is 3. The molecule has 0 amide bonds. The van der Waals surface area contributed by atoms with E-state index in [2.05, 4.69) is 4.74 Å². The number of hydrogen-bond acceptors (Lipinski definition) is 6. The van der Waals surface area contributed by atoms with Crippen molar-refractivity contribution >= 4 is 44.1 Å². The normalized spacial score (nSPS) is 21.8. The predicted molar refractivity (Wildman–Crippen MR) is 93.3 cm³/mol. The van der Waals surface area contributed by atoms with E-state index < -0.39 is 64.4 Å². The van der Waals surface area contributed by atoms with E-state index in [9.17, 15) is 36.0 Å². The molecule has 0 spiro atoms. The van der Waals surface area contributed by atoms with Crippen molar-refractivity contribution in [1.29, 1.82) is 0 Å². The lowest BCUT2D eigenvalue weighted by Crippen LogP contribution is -2.37. The van der Waals surface area contributed by atoms with Gasteiger partial charge < -0.3 is 4.74 Å². The van der Waals surface area contributed by atoms with Crippen LogP contribution in [0.3, 0.4) is 0 Å². The Morgan fingerprint density at radius 1 is 1.25 bits per heavy atom. The molecule has 6 nitrogen and oxygen atoms in total. The first-order valence-electron chi connectivity index (χ1n) is 8.25. The summed E-state index contributed by atoms with van der Waals surface area (Å²) in [4.78, 5) is 36.5. The standard InChI is InChI=1S/C17H16ClF3O6S/c1-8-10(6-27-7-17(19,20)21)15(18)9(5-13(8)28(25)26)16(24)14-11(22)3-2-4-12(14)23/h5,8,14H,2-4,6-7H2,1H3. The van der Waals surface area contributed by atoms with Crippen molar-refractivity contribution in [1.82, 2.24) is 0 Å². The molecule has 0 bridgehead atoms. The molecule has 0 aromatic carbocycles. The molecule has 0 aliphatic heterocycles. The van der Waals surface area contributed by atoms with Gasteiger partial charge in [-0.2, -0.15) is 21.6 Å². The van der Waals surface area contributed by atoms with Gasteiger partial charge in [0.15, 0.2) is 17.3 Å². The summed E-state index contributed by atoms with van der Waals surface area (Å²) in [6.07, 6.45) is -3.27. The van der Waals surface area contributed by atoms with Gasteiger partial charge in [-0.25, -0.2) is 0 Å². The van der Waals surface area contributed by atoms with E-state index in [-0.39, 0.29) is 28.3 Å². The smallest absolute Gasteiger partial charge is 0.368 e. The summed E-state index contributed by atoms with van der Waals surface area (Å²) in [6, 6.07) is 0. The van der Waals surface area contributed by atoms with Crippen molar-refractivity contribution in [2.45, 2.75) is 32.4 Å². The third-order valence-electron chi connectivity index (χ3n) is 4.49. The summed E-state index contributed by atoms with van der Waals surface area (Å²) in [5.41, 5.74) is -0.440. The molecule has 28 heavy (non-hydrogen) atoms. The van der Waals surface area contributed by atoms with Crippen LogP contribution >= 0.6 is 11.6 Å². The molecule has 2 aliphatic carbocycles. The summed E-state index contributed by atoms with van der Waals surface area (Å²) >= 11 is 6.17. The predicted octanol–water partition coefficient (Wildman–Crippen LogP) is 2.19. The molecule has 0 aromatic heterocycles. The number of carbonyl (C=O) groups excluding carboxylic acids is 3. The summed E-state index contributed by atoms with van der Waals surface area (Å²) in [7, 11) is -2.80. The van der Waals surface area contributed by atoms with Gasteiger partial charge in [-0.3, -0.25) is 14.4 Å². The second-order valence-electron chi connectivity index (χ2n) is 6.45. The molecule has 0 radical (unpaired) electrons. The van der Waals surface area contributed by atoms with E-state index in [1.807, 2.05) is 0 Å². The quantitative estimate of drug-likeness (QED) is 0.480. The van der Waals surface area contributed by atoms with Gasteiger partial charge in [0.1, 0.15) is 12.5 Å². The largest absolute Gasteiger partial charge is 0.411 e. The van der Waals surface area contributed by atoms with E-state index in [0.717, 1.165) is 6.08 Å². The monoisotopic (exact) mass is 440 g/mol. The van der Waals surface area contributed by atoms with E-state index in [4.69, 9.17) is 11.6 Å². The van der Waals surface area contributed by atoms with Crippen molar-refractivity contribution in [2.24, 2.45) is 11.8 Å². The van der Waals surface area contributed by atoms with E-state index in [0.29, 0.717) is 6.42 Å². The number of allylic oxidation sites excluding steroid dienone is 3. The third kappa shape index (κ3) is 4.98. The molecule has 0 N–H and O–H groups in total. The van der Waals surface area contributed by atoms with Crippen LogP contribution in [0, 0.1) is 11.8 Å². The number of alkyl halides is 3. The highest BCUT2D eigenvalue weighted by atomic mass is 35.5. The first-order chi connectivity index (χ1) is 12.9. The molecule has 11 heteroatoms. The molecule has 1 atom stereocenters. The average Bonchev–Trinajstić information content (AvgIpc) is 2.56. The van der Waals surface area contributed by atoms with Crippen molar-refractivity contribution in [3.63, 3.8) is 0 Å². The van der Waals surface area contributed by atoms with Crippen LogP contribution in [-0.2, 0) is 29.4 Å². The maximum absolute atomic E-state index is 12.8. The number of rotatable bonds is 5. The Balaban J connectivity index is 2.44. The van der Waals surface area contributed by atoms with Crippen LogP contribution < -0.4 is 0 Å².